The summed E-state index contributed by atoms with van der Waals surface area (Å²) < 4.78 is 2.03. The Hall–Kier alpha value is -1.88. The Morgan fingerprint density at radius 1 is 1.16 bits per heavy atom. The molecule has 1 amide bonds. The Morgan fingerprint density at radius 2 is 1.84 bits per heavy atom. The van der Waals surface area contributed by atoms with Gasteiger partial charge in [-0.1, -0.05) is 26.8 Å². The van der Waals surface area contributed by atoms with E-state index in [1.807, 2.05) is 28.8 Å². The van der Waals surface area contributed by atoms with E-state index < -0.39 is 0 Å². The molecule has 25 heavy (non-hydrogen) atoms. The van der Waals surface area contributed by atoms with Gasteiger partial charge >= 0.3 is 0 Å². The molecule has 3 rings (SSSR count). The minimum absolute atomic E-state index is 0.0332. The molecule has 1 aliphatic rings. The quantitative estimate of drug-likeness (QED) is 0.928. The zero-order valence-corrected chi connectivity index (χ0v) is 16.1. The second-order valence-corrected chi connectivity index (χ2v) is 8.68. The largest absolute Gasteiger partial charge is 0.349 e. The van der Waals surface area contributed by atoms with Crippen molar-refractivity contribution < 1.29 is 4.79 Å². The summed E-state index contributed by atoms with van der Waals surface area (Å²) in [6.45, 7) is 13.6. The average molecular weight is 342 g/mol. The van der Waals surface area contributed by atoms with Crippen molar-refractivity contribution in [2.45, 2.75) is 58.4 Å². The average Bonchev–Trinajstić information content (AvgIpc) is 3.20. The van der Waals surface area contributed by atoms with Crippen molar-refractivity contribution in [3.8, 4) is 0 Å². The molecule has 0 radical (unpaired) electrons. The lowest BCUT2D eigenvalue weighted by Crippen LogP contribution is -2.50. The number of hydrogen-bond donors (Lipinski definition) is 1. The van der Waals surface area contributed by atoms with Crippen molar-refractivity contribution in [3.63, 3.8) is 0 Å². The fourth-order valence-electron chi connectivity index (χ4n) is 3.55. The van der Waals surface area contributed by atoms with E-state index in [4.69, 9.17) is 4.98 Å². The molecule has 5 nitrogen and oxygen atoms in total. The molecule has 1 N–H and O–H groups in total. The fourth-order valence-corrected chi connectivity index (χ4v) is 3.55. The first-order valence-corrected chi connectivity index (χ1v) is 9.21. The molecule has 0 aliphatic carbocycles. The molecule has 2 aromatic heterocycles. The van der Waals surface area contributed by atoms with Gasteiger partial charge in [-0.3, -0.25) is 9.69 Å². The first-order valence-electron chi connectivity index (χ1n) is 9.21. The summed E-state index contributed by atoms with van der Waals surface area (Å²) in [5, 5.41) is 3.12. The molecule has 3 heterocycles. The van der Waals surface area contributed by atoms with Gasteiger partial charge in [-0.05, 0) is 51.9 Å². The standard InChI is InChI=1S/C20H30N4O/c1-19(2,3)18-22-16(15-10-6-7-13-24(15)18)17(25)21-14-20(4,5)23-11-8-9-12-23/h6-7,10,13H,8-9,11-12,14H2,1-5H3,(H,21,25). The van der Waals surface area contributed by atoms with Crippen LogP contribution < -0.4 is 5.32 Å². The first-order chi connectivity index (χ1) is 11.7. The Kier molecular flexibility index (Phi) is 4.62. The van der Waals surface area contributed by atoms with Gasteiger partial charge in [0.2, 0.25) is 0 Å². The van der Waals surface area contributed by atoms with Crippen molar-refractivity contribution in [2.75, 3.05) is 19.6 Å². The molecule has 0 saturated carbocycles. The predicted molar refractivity (Wildman–Crippen MR) is 101 cm³/mol. The van der Waals surface area contributed by atoms with Gasteiger partial charge in [0.15, 0.2) is 5.69 Å². The van der Waals surface area contributed by atoms with Gasteiger partial charge in [0.05, 0.1) is 5.52 Å². The highest BCUT2D eigenvalue weighted by atomic mass is 16.1. The van der Waals surface area contributed by atoms with Crippen LogP contribution >= 0.6 is 0 Å². The van der Waals surface area contributed by atoms with Crippen LogP contribution in [-0.2, 0) is 5.41 Å². The molecular formula is C20H30N4O. The lowest BCUT2D eigenvalue weighted by atomic mass is 9.96. The molecule has 0 unspecified atom stereocenters. The number of amides is 1. The third kappa shape index (κ3) is 3.56. The summed E-state index contributed by atoms with van der Waals surface area (Å²) in [5.74, 6) is 0.818. The van der Waals surface area contributed by atoms with Crippen LogP contribution in [0.15, 0.2) is 24.4 Å². The third-order valence-corrected chi connectivity index (χ3v) is 5.08. The zero-order valence-electron chi connectivity index (χ0n) is 16.1. The van der Waals surface area contributed by atoms with Crippen LogP contribution in [0, 0.1) is 0 Å². The van der Waals surface area contributed by atoms with E-state index in [0.717, 1.165) is 24.4 Å². The number of imidazole rings is 1. The number of nitrogens with one attached hydrogen (secondary N) is 1. The highest BCUT2D eigenvalue weighted by Gasteiger charge is 2.30. The number of hydrogen-bond acceptors (Lipinski definition) is 3. The van der Waals surface area contributed by atoms with Crippen LogP contribution in [0.5, 0.6) is 0 Å². The van der Waals surface area contributed by atoms with Crippen LogP contribution in [-0.4, -0.2) is 45.4 Å². The van der Waals surface area contributed by atoms with Crippen molar-refractivity contribution in [2.24, 2.45) is 0 Å². The Bertz CT molecular complexity index is 764. The molecule has 0 aromatic carbocycles. The second kappa shape index (κ2) is 6.45. The van der Waals surface area contributed by atoms with Gasteiger partial charge in [-0.25, -0.2) is 4.98 Å². The Balaban J connectivity index is 1.83. The van der Waals surface area contributed by atoms with Gasteiger partial charge in [-0.2, -0.15) is 0 Å². The zero-order chi connectivity index (χ0) is 18.2. The van der Waals surface area contributed by atoms with E-state index in [-0.39, 0.29) is 16.9 Å². The van der Waals surface area contributed by atoms with Crippen molar-refractivity contribution in [1.82, 2.24) is 19.6 Å². The molecule has 136 valence electrons. The van der Waals surface area contributed by atoms with E-state index >= 15 is 0 Å². The summed E-state index contributed by atoms with van der Waals surface area (Å²) in [5.41, 5.74) is 1.22. The van der Waals surface area contributed by atoms with Crippen LogP contribution in [0.4, 0.5) is 0 Å². The monoisotopic (exact) mass is 342 g/mol. The number of pyridine rings is 1. The molecule has 0 bridgehead atoms. The maximum Gasteiger partial charge on any atom is 0.272 e. The lowest BCUT2D eigenvalue weighted by molar-refractivity contribution is 0.0899. The van der Waals surface area contributed by atoms with E-state index in [0.29, 0.717) is 12.2 Å². The maximum atomic E-state index is 12.9. The molecule has 5 heteroatoms. The lowest BCUT2D eigenvalue weighted by Gasteiger charge is -2.35. The summed E-state index contributed by atoms with van der Waals surface area (Å²) in [6.07, 6.45) is 4.48. The summed E-state index contributed by atoms with van der Waals surface area (Å²) >= 11 is 0. The second-order valence-electron chi connectivity index (χ2n) is 8.68. The molecule has 1 fully saturated rings. The highest BCUT2D eigenvalue weighted by molar-refractivity contribution is 5.99. The molecule has 1 saturated heterocycles. The molecular weight excluding hydrogens is 312 g/mol. The summed E-state index contributed by atoms with van der Waals surface area (Å²) in [7, 11) is 0. The number of likely N-dealkylation sites (tertiary alicyclic amines) is 1. The van der Waals surface area contributed by atoms with Crippen LogP contribution in [0.2, 0.25) is 0 Å². The van der Waals surface area contributed by atoms with Gasteiger partial charge < -0.3 is 9.72 Å². The summed E-state index contributed by atoms with van der Waals surface area (Å²) in [4.78, 5) is 20.0. The van der Waals surface area contributed by atoms with Gasteiger partial charge in [0.25, 0.3) is 5.91 Å². The maximum absolute atomic E-state index is 12.9. The minimum atomic E-state index is -0.127. The van der Waals surface area contributed by atoms with Crippen molar-refractivity contribution >= 4 is 11.4 Å². The summed E-state index contributed by atoms with van der Waals surface area (Å²) in [6, 6.07) is 5.89. The van der Waals surface area contributed by atoms with Crippen molar-refractivity contribution in [1.29, 1.82) is 0 Å². The van der Waals surface area contributed by atoms with Crippen LogP contribution in [0.3, 0.4) is 0 Å². The number of carbonyl (C=O) groups excluding carboxylic acids is 1. The van der Waals surface area contributed by atoms with E-state index in [1.165, 1.54) is 12.8 Å². The van der Waals surface area contributed by atoms with E-state index in [1.54, 1.807) is 0 Å². The highest BCUT2D eigenvalue weighted by Crippen LogP contribution is 2.25. The molecule has 2 aromatic rings. The van der Waals surface area contributed by atoms with Crippen LogP contribution in [0.25, 0.3) is 5.52 Å². The van der Waals surface area contributed by atoms with Gasteiger partial charge in [-0.15, -0.1) is 0 Å². The first kappa shape index (κ1) is 17.9. The SMILES string of the molecule is CC(C)(C)c1nc(C(=O)NCC(C)(C)N2CCCC2)c2ccccn12. The number of rotatable bonds is 4. The smallest absolute Gasteiger partial charge is 0.272 e. The van der Waals surface area contributed by atoms with Gasteiger partial charge in [0, 0.05) is 23.7 Å². The number of fused-ring (bicyclic) bond motifs is 1. The number of aromatic nitrogens is 2. The molecule has 0 spiro atoms. The minimum Gasteiger partial charge on any atom is -0.349 e. The third-order valence-electron chi connectivity index (χ3n) is 5.08. The van der Waals surface area contributed by atoms with Gasteiger partial charge in [0.1, 0.15) is 5.82 Å². The Labute approximate surface area is 150 Å². The normalized spacial score (nSPS) is 16.5. The fraction of sp³-hybridized carbons (Fsp3) is 0.600. The molecule has 0 atom stereocenters. The number of carbonyl (C=O) groups is 1. The predicted octanol–water partition coefficient (Wildman–Crippen LogP) is 3.24. The number of nitrogens with zero attached hydrogens (tertiary/aromatic N) is 3. The van der Waals surface area contributed by atoms with Crippen LogP contribution in [0.1, 0.15) is 63.8 Å². The topological polar surface area (TPSA) is 49.6 Å². The Morgan fingerprint density at radius 3 is 2.48 bits per heavy atom. The molecule has 1 aliphatic heterocycles. The van der Waals surface area contributed by atoms with E-state index in [2.05, 4.69) is 44.8 Å². The van der Waals surface area contributed by atoms with E-state index in [9.17, 15) is 4.79 Å². The van der Waals surface area contributed by atoms with Crippen molar-refractivity contribution in [3.05, 3.63) is 35.9 Å².